The zero-order valence-electron chi connectivity index (χ0n) is 9.80. The molecule has 0 bridgehead atoms. The molecule has 0 aromatic carbocycles. The molecule has 3 rings (SSSR count). The molecule has 0 atom stereocenters. The summed E-state index contributed by atoms with van der Waals surface area (Å²) in [5.74, 6) is -2.52. The van der Waals surface area contributed by atoms with Crippen LogP contribution in [0.2, 0.25) is 5.15 Å². The van der Waals surface area contributed by atoms with Gasteiger partial charge in [-0.05, 0) is 18.1 Å². The third kappa shape index (κ3) is 2.27. The molecule has 0 radical (unpaired) electrons. The van der Waals surface area contributed by atoms with Crippen LogP contribution >= 0.6 is 11.6 Å². The molecule has 1 aliphatic heterocycles. The van der Waals surface area contributed by atoms with E-state index < -0.39 is 5.92 Å². The molecule has 1 aromatic heterocycles. The monoisotopic (exact) mass is 270 g/mol. The molecular weight excluding hydrogens is 258 g/mol. The topological polar surface area (TPSA) is 16.1 Å². The number of fused-ring (bicyclic) bond motifs is 1. The highest BCUT2D eigenvalue weighted by molar-refractivity contribution is 6.31. The fourth-order valence-electron chi connectivity index (χ4n) is 2.62. The second-order valence-electron chi connectivity index (χ2n) is 4.97. The lowest BCUT2D eigenvalue weighted by atomic mass is 10.1. The molecule has 96 valence electrons. The molecule has 1 aromatic rings. The van der Waals surface area contributed by atoms with Crippen LogP contribution in [0.25, 0.3) is 6.08 Å². The van der Waals surface area contributed by atoms with E-state index in [0.717, 1.165) is 23.1 Å². The minimum atomic E-state index is -2.52. The smallest absolute Gasteiger partial charge is 0.261 e. The number of aromatic nitrogens is 1. The van der Waals surface area contributed by atoms with Gasteiger partial charge >= 0.3 is 0 Å². The number of likely N-dealkylation sites (tertiary alicyclic amines) is 1. The van der Waals surface area contributed by atoms with Crippen LogP contribution in [0.3, 0.4) is 0 Å². The SMILES string of the molecule is FC1(F)CCN(CC2=Cc3c(ccnc3Cl)C2)C1. The zero-order chi connectivity index (χ0) is 12.8. The van der Waals surface area contributed by atoms with Crippen molar-refractivity contribution < 1.29 is 8.78 Å². The number of hydrogen-bond acceptors (Lipinski definition) is 2. The van der Waals surface area contributed by atoms with E-state index >= 15 is 0 Å². The third-order valence-corrected chi connectivity index (χ3v) is 3.77. The van der Waals surface area contributed by atoms with Gasteiger partial charge in [-0.15, -0.1) is 0 Å². The Hall–Kier alpha value is -1.00. The largest absolute Gasteiger partial charge is 0.293 e. The minimum absolute atomic E-state index is 0.0322. The van der Waals surface area contributed by atoms with Crippen molar-refractivity contribution in [2.45, 2.75) is 18.8 Å². The van der Waals surface area contributed by atoms with Gasteiger partial charge in [0.2, 0.25) is 0 Å². The first-order valence-electron chi connectivity index (χ1n) is 5.96. The Balaban J connectivity index is 1.71. The maximum absolute atomic E-state index is 13.1. The fourth-order valence-corrected chi connectivity index (χ4v) is 2.85. The summed E-state index contributed by atoms with van der Waals surface area (Å²) in [6, 6.07) is 1.93. The van der Waals surface area contributed by atoms with E-state index in [1.807, 2.05) is 12.1 Å². The molecule has 5 heteroatoms. The number of pyridine rings is 1. The summed E-state index contributed by atoms with van der Waals surface area (Å²) in [5.41, 5.74) is 3.22. The summed E-state index contributed by atoms with van der Waals surface area (Å²) >= 11 is 6.01. The van der Waals surface area contributed by atoms with E-state index in [1.165, 1.54) is 0 Å². The number of alkyl halides is 2. The molecule has 1 saturated heterocycles. The molecule has 1 fully saturated rings. The molecule has 0 amide bonds. The van der Waals surface area contributed by atoms with Crippen LogP contribution in [0.1, 0.15) is 17.5 Å². The first-order chi connectivity index (χ1) is 8.53. The molecule has 2 nitrogen and oxygen atoms in total. The summed E-state index contributed by atoms with van der Waals surface area (Å²) in [5, 5.41) is 0.495. The molecule has 0 saturated carbocycles. The Kier molecular flexibility index (Phi) is 2.87. The van der Waals surface area contributed by atoms with E-state index in [4.69, 9.17) is 11.6 Å². The Bertz CT molecular complexity index is 514. The minimum Gasteiger partial charge on any atom is -0.293 e. The summed E-state index contributed by atoms with van der Waals surface area (Å²) in [6.07, 6.45) is 4.43. The molecular formula is C13H13ClF2N2. The molecule has 2 aliphatic rings. The van der Waals surface area contributed by atoms with Gasteiger partial charge in [0.15, 0.2) is 0 Å². The zero-order valence-corrected chi connectivity index (χ0v) is 10.6. The lowest BCUT2D eigenvalue weighted by Crippen LogP contribution is -2.27. The third-order valence-electron chi connectivity index (χ3n) is 3.47. The van der Waals surface area contributed by atoms with Gasteiger partial charge in [-0.25, -0.2) is 13.8 Å². The van der Waals surface area contributed by atoms with E-state index in [2.05, 4.69) is 4.98 Å². The molecule has 18 heavy (non-hydrogen) atoms. The average Bonchev–Trinajstić information content (AvgIpc) is 2.83. The van der Waals surface area contributed by atoms with Crippen molar-refractivity contribution in [3.05, 3.63) is 34.1 Å². The number of hydrogen-bond donors (Lipinski definition) is 0. The quantitative estimate of drug-likeness (QED) is 0.768. The van der Waals surface area contributed by atoms with Crippen LogP contribution in [-0.2, 0) is 6.42 Å². The van der Waals surface area contributed by atoms with Gasteiger partial charge in [0.25, 0.3) is 5.92 Å². The Morgan fingerprint density at radius 2 is 2.28 bits per heavy atom. The predicted molar refractivity (Wildman–Crippen MR) is 66.9 cm³/mol. The Morgan fingerprint density at radius 1 is 1.44 bits per heavy atom. The number of rotatable bonds is 2. The summed E-state index contributed by atoms with van der Waals surface area (Å²) in [7, 11) is 0. The molecule has 0 unspecified atom stereocenters. The summed E-state index contributed by atoms with van der Waals surface area (Å²) < 4.78 is 26.2. The Labute approximate surface area is 109 Å². The standard InChI is InChI=1S/C13H13ClF2N2/c14-12-11-6-9(5-10(11)1-3-17-12)7-18-4-2-13(15,16)8-18/h1,3,6H,2,4-5,7-8H2. The predicted octanol–water partition coefficient (Wildman–Crippen LogP) is 3.02. The van der Waals surface area contributed by atoms with Gasteiger partial charge in [0.1, 0.15) is 5.15 Å². The van der Waals surface area contributed by atoms with Crippen molar-refractivity contribution in [3.63, 3.8) is 0 Å². The number of halogens is 3. The lowest BCUT2D eigenvalue weighted by Gasteiger charge is -2.15. The second kappa shape index (κ2) is 4.28. The van der Waals surface area contributed by atoms with Crippen molar-refractivity contribution in [1.29, 1.82) is 0 Å². The number of nitrogens with zero attached hydrogens (tertiary/aromatic N) is 2. The van der Waals surface area contributed by atoms with Gasteiger partial charge < -0.3 is 0 Å². The van der Waals surface area contributed by atoms with Gasteiger partial charge in [-0.2, -0.15) is 0 Å². The van der Waals surface area contributed by atoms with Crippen molar-refractivity contribution in [1.82, 2.24) is 9.88 Å². The van der Waals surface area contributed by atoms with Crippen LogP contribution in [0.4, 0.5) is 8.78 Å². The summed E-state index contributed by atoms with van der Waals surface area (Å²) in [6.45, 7) is 0.930. The molecule has 2 heterocycles. The van der Waals surface area contributed by atoms with Crippen LogP contribution in [-0.4, -0.2) is 35.4 Å². The average molecular weight is 271 g/mol. The first kappa shape index (κ1) is 12.1. The highest BCUT2D eigenvalue weighted by atomic mass is 35.5. The normalized spacial score (nSPS) is 22.1. The van der Waals surface area contributed by atoms with Crippen LogP contribution < -0.4 is 0 Å². The van der Waals surface area contributed by atoms with Crippen molar-refractivity contribution >= 4 is 17.7 Å². The van der Waals surface area contributed by atoms with Gasteiger partial charge in [-0.1, -0.05) is 23.3 Å². The van der Waals surface area contributed by atoms with Crippen LogP contribution in [0.5, 0.6) is 0 Å². The fraction of sp³-hybridized carbons (Fsp3) is 0.462. The van der Waals surface area contributed by atoms with Gasteiger partial charge in [0.05, 0.1) is 6.54 Å². The lowest BCUT2D eigenvalue weighted by molar-refractivity contribution is 0.0131. The second-order valence-corrected chi connectivity index (χ2v) is 5.33. The van der Waals surface area contributed by atoms with E-state index in [0.29, 0.717) is 18.2 Å². The molecule has 1 aliphatic carbocycles. The van der Waals surface area contributed by atoms with Gasteiger partial charge in [-0.3, -0.25) is 4.90 Å². The highest BCUT2D eigenvalue weighted by Gasteiger charge is 2.38. The van der Waals surface area contributed by atoms with E-state index in [9.17, 15) is 8.78 Å². The van der Waals surface area contributed by atoms with Gasteiger partial charge in [0, 0.05) is 31.3 Å². The Morgan fingerprint density at radius 3 is 2.94 bits per heavy atom. The maximum Gasteiger partial charge on any atom is 0.261 e. The maximum atomic E-state index is 13.1. The van der Waals surface area contributed by atoms with Crippen molar-refractivity contribution in [2.75, 3.05) is 19.6 Å². The van der Waals surface area contributed by atoms with Crippen LogP contribution in [0.15, 0.2) is 17.8 Å². The highest BCUT2D eigenvalue weighted by Crippen LogP contribution is 2.32. The first-order valence-corrected chi connectivity index (χ1v) is 6.34. The van der Waals surface area contributed by atoms with Crippen molar-refractivity contribution in [3.8, 4) is 0 Å². The van der Waals surface area contributed by atoms with E-state index in [1.54, 1.807) is 11.1 Å². The summed E-state index contributed by atoms with van der Waals surface area (Å²) in [4.78, 5) is 5.83. The van der Waals surface area contributed by atoms with Crippen molar-refractivity contribution in [2.24, 2.45) is 0 Å². The van der Waals surface area contributed by atoms with Crippen LogP contribution in [0, 0.1) is 0 Å². The molecule has 0 spiro atoms. The van der Waals surface area contributed by atoms with E-state index in [-0.39, 0.29) is 13.0 Å². The molecule has 0 N–H and O–H groups in total.